The maximum atomic E-state index is 13.2. The zero-order valence-corrected chi connectivity index (χ0v) is 18.4. The van der Waals surface area contributed by atoms with Gasteiger partial charge in [0.25, 0.3) is 5.91 Å². The molecule has 0 saturated carbocycles. The lowest BCUT2D eigenvalue weighted by atomic mass is 9.85. The van der Waals surface area contributed by atoms with E-state index in [0.717, 1.165) is 18.4 Å². The zero-order chi connectivity index (χ0) is 21.5. The highest BCUT2D eigenvalue weighted by Gasteiger charge is 2.45. The largest absolute Gasteiger partial charge is 0.503 e. The first-order valence-electron chi connectivity index (χ1n) is 10.3. The van der Waals surface area contributed by atoms with Crippen LogP contribution in [0.1, 0.15) is 60.5 Å². The lowest BCUT2D eigenvalue weighted by molar-refractivity contribution is -0.131. The molecule has 1 amide bonds. The number of benzene rings is 1. The van der Waals surface area contributed by atoms with E-state index in [-0.39, 0.29) is 22.9 Å². The summed E-state index contributed by atoms with van der Waals surface area (Å²) in [5.74, 6) is -1.25. The Hall–Kier alpha value is -2.44. The third kappa shape index (κ3) is 3.82. The van der Waals surface area contributed by atoms with Crippen LogP contribution in [-0.2, 0) is 14.9 Å². The number of rotatable bonds is 5. The number of thiophene rings is 1. The van der Waals surface area contributed by atoms with E-state index in [4.69, 9.17) is 4.74 Å². The molecule has 2 aliphatic heterocycles. The average Bonchev–Trinajstić information content (AvgIpc) is 3.46. The van der Waals surface area contributed by atoms with E-state index in [9.17, 15) is 14.7 Å². The smallest absolute Gasteiger partial charge is 0.290 e. The Morgan fingerprint density at radius 3 is 2.53 bits per heavy atom. The van der Waals surface area contributed by atoms with E-state index in [1.807, 2.05) is 29.6 Å². The fourth-order valence-corrected chi connectivity index (χ4v) is 4.81. The molecule has 0 aliphatic carbocycles. The summed E-state index contributed by atoms with van der Waals surface area (Å²) in [5.41, 5.74) is 2.14. The minimum Gasteiger partial charge on any atom is -0.503 e. The van der Waals surface area contributed by atoms with Gasteiger partial charge in [0.2, 0.25) is 5.78 Å². The van der Waals surface area contributed by atoms with Crippen molar-refractivity contribution in [2.75, 3.05) is 13.2 Å². The lowest BCUT2D eigenvalue weighted by Crippen LogP contribution is -2.37. The minimum atomic E-state index is -0.620. The summed E-state index contributed by atoms with van der Waals surface area (Å²) in [6.45, 7) is 7.46. The van der Waals surface area contributed by atoms with Crippen molar-refractivity contribution in [3.63, 3.8) is 0 Å². The Labute approximate surface area is 181 Å². The molecule has 0 spiro atoms. The van der Waals surface area contributed by atoms with Crippen LogP contribution >= 0.6 is 11.3 Å². The molecule has 1 aromatic carbocycles. The van der Waals surface area contributed by atoms with Gasteiger partial charge in [0.15, 0.2) is 5.76 Å². The van der Waals surface area contributed by atoms with Crippen LogP contribution in [0.4, 0.5) is 0 Å². The second-order valence-electron chi connectivity index (χ2n) is 8.94. The van der Waals surface area contributed by atoms with Gasteiger partial charge < -0.3 is 14.7 Å². The van der Waals surface area contributed by atoms with Crippen molar-refractivity contribution in [3.8, 4) is 0 Å². The van der Waals surface area contributed by atoms with E-state index in [2.05, 4.69) is 20.8 Å². The SMILES string of the molecule is CC(C)(C)c1ccc([C@H]2C(C(=O)c3cccs3)=C(O)C(=O)N2C[C@H]2CCCO2)cc1. The second-order valence-corrected chi connectivity index (χ2v) is 9.88. The molecule has 0 bridgehead atoms. The number of aliphatic hydroxyl groups is 1. The van der Waals surface area contributed by atoms with Gasteiger partial charge in [-0.15, -0.1) is 11.3 Å². The number of aliphatic hydroxyl groups excluding tert-OH is 1. The monoisotopic (exact) mass is 425 g/mol. The van der Waals surface area contributed by atoms with Gasteiger partial charge in [-0.3, -0.25) is 9.59 Å². The predicted octanol–water partition coefficient (Wildman–Crippen LogP) is 4.80. The first-order chi connectivity index (χ1) is 14.3. The summed E-state index contributed by atoms with van der Waals surface area (Å²) in [6.07, 6.45) is 1.75. The molecule has 2 atom stereocenters. The van der Waals surface area contributed by atoms with Crippen LogP contribution in [0, 0.1) is 0 Å². The van der Waals surface area contributed by atoms with Crippen molar-refractivity contribution in [1.82, 2.24) is 4.90 Å². The topological polar surface area (TPSA) is 66.8 Å². The summed E-state index contributed by atoms with van der Waals surface area (Å²) in [7, 11) is 0. The molecule has 6 heteroatoms. The molecule has 5 nitrogen and oxygen atoms in total. The molecule has 0 unspecified atom stereocenters. The highest BCUT2D eigenvalue weighted by Crippen LogP contribution is 2.40. The third-order valence-corrected chi connectivity index (χ3v) is 6.68. The van der Waals surface area contributed by atoms with Crippen molar-refractivity contribution >= 4 is 23.0 Å². The average molecular weight is 426 g/mol. The fourth-order valence-electron chi connectivity index (χ4n) is 4.13. The number of Topliss-reactive ketones (excluding diaryl/α,β-unsaturated/α-hetero) is 1. The molecule has 2 aromatic rings. The number of hydrogen-bond acceptors (Lipinski definition) is 5. The van der Waals surface area contributed by atoms with Gasteiger partial charge in [-0.1, -0.05) is 51.1 Å². The fraction of sp³-hybridized carbons (Fsp3) is 0.417. The molecule has 1 aromatic heterocycles. The van der Waals surface area contributed by atoms with Crippen LogP contribution in [0.2, 0.25) is 0 Å². The summed E-state index contributed by atoms with van der Waals surface area (Å²) in [6, 6.07) is 10.9. The molecule has 2 aliphatic rings. The molecular formula is C24H27NO4S. The molecule has 4 rings (SSSR count). The van der Waals surface area contributed by atoms with Gasteiger partial charge in [-0.05, 0) is 40.8 Å². The number of ketones is 1. The van der Waals surface area contributed by atoms with Crippen molar-refractivity contribution in [2.24, 2.45) is 0 Å². The Morgan fingerprint density at radius 1 is 1.23 bits per heavy atom. The summed E-state index contributed by atoms with van der Waals surface area (Å²) in [5, 5.41) is 12.5. The first-order valence-corrected chi connectivity index (χ1v) is 11.2. The van der Waals surface area contributed by atoms with Crippen molar-refractivity contribution in [2.45, 2.75) is 51.2 Å². The summed E-state index contributed by atoms with van der Waals surface area (Å²) < 4.78 is 5.74. The van der Waals surface area contributed by atoms with E-state index < -0.39 is 17.7 Å². The lowest BCUT2D eigenvalue weighted by Gasteiger charge is -2.29. The van der Waals surface area contributed by atoms with Gasteiger partial charge in [-0.2, -0.15) is 0 Å². The molecular weight excluding hydrogens is 398 g/mol. The predicted molar refractivity (Wildman–Crippen MR) is 117 cm³/mol. The molecule has 1 fully saturated rings. The Bertz CT molecular complexity index is 964. The molecule has 1 saturated heterocycles. The van der Waals surface area contributed by atoms with E-state index in [1.54, 1.807) is 17.0 Å². The molecule has 3 heterocycles. The number of nitrogens with zero attached hydrogens (tertiary/aromatic N) is 1. The Kier molecular flexibility index (Phi) is 5.55. The van der Waals surface area contributed by atoms with Crippen LogP contribution in [0.15, 0.2) is 53.1 Å². The standard InChI is InChI=1S/C24H27NO4S/c1-24(2,3)16-10-8-15(9-11-16)20-19(21(26)18-7-5-13-30-18)22(27)23(28)25(20)14-17-6-4-12-29-17/h5,7-11,13,17,20,27H,4,6,12,14H2,1-3H3/t17-,20+/m1/s1. The second kappa shape index (κ2) is 8.00. The number of carbonyl (C=O) groups excluding carboxylic acids is 2. The van der Waals surface area contributed by atoms with Crippen LogP contribution in [0.3, 0.4) is 0 Å². The van der Waals surface area contributed by atoms with E-state index in [1.165, 1.54) is 16.9 Å². The van der Waals surface area contributed by atoms with Gasteiger partial charge in [0.05, 0.1) is 22.6 Å². The van der Waals surface area contributed by atoms with Gasteiger partial charge >= 0.3 is 0 Å². The Balaban J connectivity index is 1.75. The van der Waals surface area contributed by atoms with Gasteiger partial charge in [0.1, 0.15) is 0 Å². The third-order valence-electron chi connectivity index (χ3n) is 5.81. The number of amides is 1. The van der Waals surface area contributed by atoms with E-state index >= 15 is 0 Å². The maximum Gasteiger partial charge on any atom is 0.290 e. The van der Waals surface area contributed by atoms with Crippen molar-refractivity contribution in [1.29, 1.82) is 0 Å². The molecule has 30 heavy (non-hydrogen) atoms. The summed E-state index contributed by atoms with van der Waals surface area (Å²) >= 11 is 1.31. The van der Waals surface area contributed by atoms with Crippen molar-refractivity contribution in [3.05, 3.63) is 69.1 Å². The number of hydrogen-bond donors (Lipinski definition) is 1. The highest BCUT2D eigenvalue weighted by molar-refractivity contribution is 7.12. The number of carbonyl (C=O) groups is 2. The van der Waals surface area contributed by atoms with Crippen LogP contribution in [0.25, 0.3) is 0 Å². The minimum absolute atomic E-state index is 0.00496. The van der Waals surface area contributed by atoms with Gasteiger partial charge in [0, 0.05) is 13.2 Å². The molecule has 1 N–H and O–H groups in total. The summed E-state index contributed by atoms with van der Waals surface area (Å²) in [4.78, 5) is 28.3. The molecule has 158 valence electrons. The highest BCUT2D eigenvalue weighted by atomic mass is 32.1. The Morgan fingerprint density at radius 2 is 1.97 bits per heavy atom. The van der Waals surface area contributed by atoms with Gasteiger partial charge in [-0.25, -0.2) is 0 Å². The normalized spacial score (nSPS) is 22.2. The first kappa shape index (κ1) is 20.8. The zero-order valence-electron chi connectivity index (χ0n) is 17.6. The van der Waals surface area contributed by atoms with Crippen molar-refractivity contribution < 1.29 is 19.4 Å². The quantitative estimate of drug-likeness (QED) is 0.699. The van der Waals surface area contributed by atoms with E-state index in [0.29, 0.717) is 18.0 Å². The van der Waals surface area contributed by atoms with Crippen LogP contribution < -0.4 is 0 Å². The van der Waals surface area contributed by atoms with Crippen LogP contribution in [-0.4, -0.2) is 41.0 Å². The molecule has 0 radical (unpaired) electrons. The van der Waals surface area contributed by atoms with Crippen LogP contribution in [0.5, 0.6) is 0 Å². The number of ether oxygens (including phenoxy) is 1. The maximum absolute atomic E-state index is 13.2.